The number of imide groups is 1. The Bertz CT molecular complexity index is 1130. The molecule has 3 aromatic rings. The van der Waals surface area contributed by atoms with Crippen LogP contribution in [-0.4, -0.2) is 40.8 Å². The lowest BCUT2D eigenvalue weighted by Gasteiger charge is -2.17. The molecule has 1 aromatic carbocycles. The summed E-state index contributed by atoms with van der Waals surface area (Å²) >= 11 is 0. The van der Waals surface area contributed by atoms with E-state index in [1.807, 2.05) is 6.07 Å². The number of hydrogen-bond donors (Lipinski definition) is 1. The number of ether oxygens (including phenoxy) is 2. The summed E-state index contributed by atoms with van der Waals surface area (Å²) in [7, 11) is 3.01. The number of carbonyl (C=O) groups excluding carboxylic acids is 2. The number of pyridine rings is 1. The van der Waals surface area contributed by atoms with Gasteiger partial charge < -0.3 is 15.2 Å². The van der Waals surface area contributed by atoms with Gasteiger partial charge in [0.05, 0.1) is 31.5 Å². The molecule has 9 heteroatoms. The first kappa shape index (κ1) is 19.4. The van der Waals surface area contributed by atoms with Gasteiger partial charge in [-0.25, -0.2) is 9.88 Å². The SMILES string of the molecule is COc1ccc(N2C(=O)C[C@@H](c3c(C)nn(-c4ccccn4)c3N)C2=O)cc1OC. The van der Waals surface area contributed by atoms with Gasteiger partial charge in [-0.3, -0.25) is 9.59 Å². The number of benzene rings is 1. The predicted octanol–water partition coefficient (Wildman–Crippen LogP) is 2.22. The summed E-state index contributed by atoms with van der Waals surface area (Å²) in [4.78, 5) is 31.4. The molecule has 1 saturated heterocycles. The number of nitrogen functional groups attached to an aromatic ring is 1. The molecule has 1 aliphatic rings. The Morgan fingerprint density at radius 2 is 1.87 bits per heavy atom. The number of rotatable bonds is 5. The molecule has 2 amide bonds. The van der Waals surface area contributed by atoms with Crippen LogP contribution in [0.4, 0.5) is 11.5 Å². The Morgan fingerprint density at radius 1 is 1.10 bits per heavy atom. The van der Waals surface area contributed by atoms with E-state index in [0.717, 1.165) is 4.90 Å². The van der Waals surface area contributed by atoms with Gasteiger partial charge in [0.25, 0.3) is 0 Å². The van der Waals surface area contributed by atoms with Crippen LogP contribution in [0, 0.1) is 6.92 Å². The van der Waals surface area contributed by atoms with Gasteiger partial charge in [-0.1, -0.05) is 6.07 Å². The van der Waals surface area contributed by atoms with Crippen molar-refractivity contribution in [1.82, 2.24) is 14.8 Å². The lowest BCUT2D eigenvalue weighted by atomic mass is 9.97. The molecule has 154 valence electrons. The Kier molecular flexibility index (Phi) is 4.86. The molecular weight excluding hydrogens is 386 g/mol. The Hall–Kier alpha value is -3.88. The summed E-state index contributed by atoms with van der Waals surface area (Å²) in [5.74, 6) is 0.378. The largest absolute Gasteiger partial charge is 0.493 e. The first-order chi connectivity index (χ1) is 14.5. The third-order valence-electron chi connectivity index (χ3n) is 5.13. The number of aryl methyl sites for hydroxylation is 1. The van der Waals surface area contributed by atoms with Crippen molar-refractivity contribution in [3.63, 3.8) is 0 Å². The van der Waals surface area contributed by atoms with E-state index in [1.165, 1.54) is 18.9 Å². The summed E-state index contributed by atoms with van der Waals surface area (Å²) < 4.78 is 12.0. The third-order valence-corrected chi connectivity index (χ3v) is 5.13. The number of nitrogens with two attached hydrogens (primary N) is 1. The second-order valence-corrected chi connectivity index (χ2v) is 6.85. The second-order valence-electron chi connectivity index (χ2n) is 6.85. The molecule has 3 heterocycles. The van der Waals surface area contributed by atoms with Crippen molar-refractivity contribution in [1.29, 1.82) is 0 Å². The number of amides is 2. The zero-order valence-corrected chi connectivity index (χ0v) is 16.8. The lowest BCUT2D eigenvalue weighted by molar-refractivity contribution is -0.121. The van der Waals surface area contributed by atoms with Crippen LogP contribution >= 0.6 is 0 Å². The van der Waals surface area contributed by atoms with Crippen molar-refractivity contribution in [2.45, 2.75) is 19.3 Å². The minimum atomic E-state index is -0.719. The molecular formula is C21H21N5O4. The van der Waals surface area contributed by atoms with Gasteiger partial charge in [0.15, 0.2) is 17.3 Å². The predicted molar refractivity (Wildman–Crippen MR) is 110 cm³/mol. The fourth-order valence-electron chi connectivity index (χ4n) is 3.73. The number of aromatic nitrogens is 3. The smallest absolute Gasteiger partial charge is 0.242 e. The number of carbonyl (C=O) groups is 2. The van der Waals surface area contributed by atoms with Crippen molar-refractivity contribution in [3.05, 3.63) is 53.9 Å². The molecule has 2 aromatic heterocycles. The van der Waals surface area contributed by atoms with Crippen LogP contribution in [-0.2, 0) is 9.59 Å². The van der Waals surface area contributed by atoms with E-state index in [9.17, 15) is 9.59 Å². The summed E-state index contributed by atoms with van der Waals surface area (Å²) in [5.41, 5.74) is 7.87. The van der Waals surface area contributed by atoms with Crippen LogP contribution < -0.4 is 20.1 Å². The molecule has 9 nitrogen and oxygen atoms in total. The Balaban J connectivity index is 1.71. The highest BCUT2D eigenvalue weighted by atomic mass is 16.5. The van der Waals surface area contributed by atoms with E-state index in [-0.39, 0.29) is 18.2 Å². The molecule has 0 spiro atoms. The molecule has 0 radical (unpaired) electrons. The normalized spacial score (nSPS) is 16.2. The average molecular weight is 407 g/mol. The molecule has 4 rings (SSSR count). The third kappa shape index (κ3) is 3.04. The number of anilines is 2. The fourth-order valence-corrected chi connectivity index (χ4v) is 3.73. The maximum absolute atomic E-state index is 13.2. The van der Waals surface area contributed by atoms with Crippen molar-refractivity contribution in [3.8, 4) is 17.3 Å². The van der Waals surface area contributed by atoms with Crippen molar-refractivity contribution >= 4 is 23.3 Å². The van der Waals surface area contributed by atoms with E-state index in [2.05, 4.69) is 10.1 Å². The summed E-state index contributed by atoms with van der Waals surface area (Å²) in [6, 6.07) is 10.3. The first-order valence-electron chi connectivity index (χ1n) is 9.31. The highest BCUT2D eigenvalue weighted by Crippen LogP contribution is 2.40. The summed E-state index contributed by atoms with van der Waals surface area (Å²) in [6.45, 7) is 1.77. The van der Waals surface area contributed by atoms with E-state index in [0.29, 0.717) is 40.1 Å². The van der Waals surface area contributed by atoms with E-state index < -0.39 is 5.92 Å². The summed E-state index contributed by atoms with van der Waals surface area (Å²) in [6.07, 6.45) is 1.64. The van der Waals surface area contributed by atoms with Crippen LogP contribution in [0.3, 0.4) is 0 Å². The van der Waals surface area contributed by atoms with Crippen molar-refractivity contribution < 1.29 is 19.1 Å². The number of nitrogens with zero attached hydrogens (tertiary/aromatic N) is 4. The molecule has 0 unspecified atom stereocenters. The zero-order valence-electron chi connectivity index (χ0n) is 16.8. The Morgan fingerprint density at radius 3 is 2.53 bits per heavy atom. The molecule has 1 fully saturated rings. The van der Waals surface area contributed by atoms with Crippen LogP contribution in [0.15, 0.2) is 42.6 Å². The number of hydrogen-bond acceptors (Lipinski definition) is 7. The van der Waals surface area contributed by atoms with Crippen LogP contribution in [0.5, 0.6) is 11.5 Å². The highest BCUT2D eigenvalue weighted by molar-refractivity contribution is 6.23. The topological polar surface area (TPSA) is 113 Å². The van der Waals surface area contributed by atoms with Gasteiger partial charge in [0, 0.05) is 24.2 Å². The maximum atomic E-state index is 13.2. The van der Waals surface area contributed by atoms with Gasteiger partial charge in [-0.2, -0.15) is 9.78 Å². The van der Waals surface area contributed by atoms with Gasteiger partial charge >= 0.3 is 0 Å². The average Bonchev–Trinajstić information content (AvgIpc) is 3.22. The highest BCUT2D eigenvalue weighted by Gasteiger charge is 2.43. The molecule has 2 N–H and O–H groups in total. The molecule has 0 aliphatic carbocycles. The van der Waals surface area contributed by atoms with Crippen molar-refractivity contribution in [2.75, 3.05) is 24.9 Å². The van der Waals surface area contributed by atoms with Gasteiger partial charge in [-0.05, 0) is 31.2 Å². The monoisotopic (exact) mass is 407 g/mol. The first-order valence-corrected chi connectivity index (χ1v) is 9.31. The molecule has 30 heavy (non-hydrogen) atoms. The van der Waals surface area contributed by atoms with Crippen LogP contribution in [0.1, 0.15) is 23.6 Å². The number of methoxy groups -OCH3 is 2. The molecule has 1 aliphatic heterocycles. The molecule has 0 saturated carbocycles. The minimum absolute atomic E-state index is 0.00608. The van der Waals surface area contributed by atoms with Gasteiger partial charge in [-0.15, -0.1) is 0 Å². The summed E-state index contributed by atoms with van der Waals surface area (Å²) in [5, 5.41) is 4.44. The van der Waals surface area contributed by atoms with Gasteiger partial charge in [0.2, 0.25) is 11.8 Å². The minimum Gasteiger partial charge on any atom is -0.493 e. The van der Waals surface area contributed by atoms with Crippen LogP contribution in [0.2, 0.25) is 0 Å². The van der Waals surface area contributed by atoms with Crippen LogP contribution in [0.25, 0.3) is 5.82 Å². The van der Waals surface area contributed by atoms with E-state index >= 15 is 0 Å². The Labute approximate surface area is 173 Å². The van der Waals surface area contributed by atoms with E-state index in [4.69, 9.17) is 15.2 Å². The quantitative estimate of drug-likeness (QED) is 0.645. The molecule has 0 bridgehead atoms. The van der Waals surface area contributed by atoms with Gasteiger partial charge in [0.1, 0.15) is 5.82 Å². The maximum Gasteiger partial charge on any atom is 0.242 e. The lowest BCUT2D eigenvalue weighted by Crippen LogP contribution is -2.30. The van der Waals surface area contributed by atoms with Crippen molar-refractivity contribution in [2.24, 2.45) is 0 Å². The zero-order chi connectivity index (χ0) is 21.4. The van der Waals surface area contributed by atoms with E-state index in [1.54, 1.807) is 43.5 Å². The standard InChI is InChI=1S/C21H21N5O4/c1-12-19(20(22)26(24-12)17-6-4-5-9-23-17)14-11-18(27)25(21(14)28)13-7-8-15(29-2)16(10-13)30-3/h4-10,14H,11,22H2,1-3H3/t14-/m0/s1. The fraction of sp³-hybridized carbons (Fsp3) is 0.238. The molecule has 1 atom stereocenters. The second kappa shape index (κ2) is 7.51.